The Labute approximate surface area is 219 Å². The molecular formula is C30H28BrO4P. The first-order valence-corrected chi connectivity index (χ1v) is 16.4. The van der Waals surface area contributed by atoms with Gasteiger partial charge in [-0.25, -0.2) is 0 Å². The number of carbonyl (C=O) groups is 1. The first kappa shape index (κ1) is 24.5. The van der Waals surface area contributed by atoms with Crippen molar-refractivity contribution in [3.8, 4) is 11.5 Å². The van der Waals surface area contributed by atoms with E-state index in [9.17, 15) is 4.79 Å². The summed E-state index contributed by atoms with van der Waals surface area (Å²) >= 11 is 4.44. The molecule has 0 amide bonds. The van der Waals surface area contributed by atoms with Gasteiger partial charge in [-0.3, -0.25) is 0 Å². The van der Waals surface area contributed by atoms with Gasteiger partial charge in [0.25, 0.3) is 0 Å². The van der Waals surface area contributed by atoms with E-state index >= 15 is 0 Å². The molecule has 1 aliphatic heterocycles. The number of carbonyl (C=O) groups excluding carboxylic acids is 1. The third-order valence-electron chi connectivity index (χ3n) is 6.64. The van der Waals surface area contributed by atoms with Crippen LogP contribution in [0.3, 0.4) is 0 Å². The molecule has 1 atom stereocenters. The van der Waals surface area contributed by atoms with Gasteiger partial charge in [-0.15, -0.1) is 0 Å². The molecule has 4 nitrogen and oxygen atoms in total. The monoisotopic (exact) mass is 562 g/mol. The minimum absolute atomic E-state index is 0.366. The van der Waals surface area contributed by atoms with E-state index in [4.69, 9.17) is 14.2 Å². The van der Waals surface area contributed by atoms with Gasteiger partial charge in [0.15, 0.2) is 0 Å². The van der Waals surface area contributed by atoms with Gasteiger partial charge in [0.05, 0.1) is 0 Å². The number of benzene rings is 4. The third kappa shape index (κ3) is 3.65. The molecule has 184 valence electrons. The van der Waals surface area contributed by atoms with Crippen LogP contribution < -0.4 is 25.4 Å². The second-order valence-electron chi connectivity index (χ2n) is 8.59. The number of esters is 1. The second-order valence-corrected chi connectivity index (χ2v) is 17.2. The van der Waals surface area contributed by atoms with Crippen LogP contribution in [0.2, 0.25) is 0 Å². The minimum atomic E-state index is -3.62. The zero-order valence-electron chi connectivity index (χ0n) is 20.3. The Balaban J connectivity index is 1.90. The summed E-state index contributed by atoms with van der Waals surface area (Å²) < 4.78 is 18.2. The standard InChI is InChI=1S/C30H28BrO4P/c1-3-33-27-20-25-26(21-28(27)34-4-2)30(35-29(25)32)36(31,22-14-8-5-9-15-22,23-16-10-6-11-17-23)24-18-12-7-13-19-24/h5-21,30H,3-4H2,1-2H3. The van der Waals surface area contributed by atoms with Crippen LogP contribution >= 0.6 is 20.8 Å². The average molecular weight is 563 g/mol. The fourth-order valence-electron chi connectivity index (χ4n) is 5.09. The van der Waals surface area contributed by atoms with Crippen molar-refractivity contribution < 1.29 is 19.0 Å². The molecule has 4 aromatic carbocycles. The first-order chi connectivity index (χ1) is 17.5. The molecule has 0 spiro atoms. The number of cyclic esters (lactones) is 1. The van der Waals surface area contributed by atoms with Gasteiger partial charge in [-0.2, -0.15) is 0 Å². The van der Waals surface area contributed by atoms with Crippen molar-refractivity contribution in [3.05, 3.63) is 114 Å². The van der Waals surface area contributed by atoms with E-state index in [1.54, 1.807) is 6.07 Å². The van der Waals surface area contributed by atoms with E-state index in [-0.39, 0.29) is 5.97 Å². The molecule has 0 radical (unpaired) electrons. The summed E-state index contributed by atoms with van der Waals surface area (Å²) in [6.07, 6.45) is 0. The zero-order valence-corrected chi connectivity index (χ0v) is 22.7. The Morgan fingerprint density at radius 1 is 0.722 bits per heavy atom. The molecule has 0 saturated heterocycles. The van der Waals surface area contributed by atoms with E-state index in [1.807, 2.05) is 74.5 Å². The number of rotatable bonds is 8. The Bertz CT molecular complexity index is 1280. The van der Waals surface area contributed by atoms with Gasteiger partial charge >= 0.3 is 220 Å². The van der Waals surface area contributed by atoms with Crippen LogP contribution in [0.25, 0.3) is 0 Å². The second kappa shape index (κ2) is 9.72. The molecule has 0 fully saturated rings. The summed E-state index contributed by atoms with van der Waals surface area (Å²) in [7, 11) is 0. The Morgan fingerprint density at radius 3 is 1.56 bits per heavy atom. The predicted octanol–water partition coefficient (Wildman–Crippen LogP) is 6.49. The molecule has 0 aromatic heterocycles. The van der Waals surface area contributed by atoms with Crippen molar-refractivity contribution in [1.82, 2.24) is 0 Å². The quantitative estimate of drug-likeness (QED) is 0.182. The van der Waals surface area contributed by atoms with E-state index in [2.05, 4.69) is 51.9 Å². The normalized spacial score (nSPS) is 15.9. The number of ether oxygens (including phenoxy) is 3. The Kier molecular flexibility index (Phi) is 6.63. The van der Waals surface area contributed by atoms with Crippen molar-refractivity contribution >= 4 is 42.7 Å². The van der Waals surface area contributed by atoms with Crippen LogP contribution in [0.5, 0.6) is 11.5 Å². The van der Waals surface area contributed by atoms with Crippen LogP contribution in [0.1, 0.15) is 35.6 Å². The van der Waals surface area contributed by atoms with Crippen molar-refractivity contribution in [2.75, 3.05) is 13.2 Å². The van der Waals surface area contributed by atoms with Crippen LogP contribution in [0, 0.1) is 0 Å². The van der Waals surface area contributed by atoms with E-state index in [1.165, 1.54) is 0 Å². The van der Waals surface area contributed by atoms with Gasteiger partial charge in [-0.05, 0) is 0 Å². The molecule has 0 aliphatic carbocycles. The summed E-state index contributed by atoms with van der Waals surface area (Å²) in [6.45, 7) is 4.79. The van der Waals surface area contributed by atoms with Crippen LogP contribution in [-0.2, 0) is 4.74 Å². The molecule has 5 rings (SSSR count). The number of halogens is 1. The molecule has 4 aromatic rings. The SMILES string of the molecule is CCOc1cc2c(cc1OCC)C(P(Br)(c1ccccc1)(c1ccccc1)c1ccccc1)OC2=O. The molecule has 1 heterocycles. The predicted molar refractivity (Wildman–Crippen MR) is 151 cm³/mol. The van der Waals surface area contributed by atoms with Crippen molar-refractivity contribution in [1.29, 1.82) is 0 Å². The summed E-state index contributed by atoms with van der Waals surface area (Å²) in [5, 5.41) is -0.419. The van der Waals surface area contributed by atoms with Crippen LogP contribution in [-0.4, -0.2) is 19.2 Å². The summed E-state index contributed by atoms with van der Waals surface area (Å²) in [5.74, 6) is 0.175. The van der Waals surface area contributed by atoms with Crippen LogP contribution in [0.15, 0.2) is 103 Å². The van der Waals surface area contributed by atoms with Crippen molar-refractivity contribution in [2.45, 2.75) is 19.7 Å². The van der Waals surface area contributed by atoms with E-state index in [0.29, 0.717) is 30.3 Å². The summed E-state index contributed by atoms with van der Waals surface area (Å²) in [5.41, 5.74) is 1.29. The maximum atomic E-state index is 13.5. The average Bonchev–Trinajstić information content (AvgIpc) is 3.26. The number of hydrogen-bond donors (Lipinski definition) is 0. The summed E-state index contributed by atoms with van der Waals surface area (Å²) in [6, 6.07) is 34.6. The third-order valence-corrected chi connectivity index (χ3v) is 16.6. The van der Waals surface area contributed by atoms with Crippen LogP contribution in [0.4, 0.5) is 0 Å². The zero-order chi connectivity index (χ0) is 25.2. The van der Waals surface area contributed by atoms with Gasteiger partial charge in [0, 0.05) is 0 Å². The molecule has 0 bridgehead atoms. The van der Waals surface area contributed by atoms with Crippen molar-refractivity contribution in [3.63, 3.8) is 0 Å². The van der Waals surface area contributed by atoms with Gasteiger partial charge < -0.3 is 0 Å². The number of fused-ring (bicyclic) bond motifs is 1. The van der Waals surface area contributed by atoms with E-state index < -0.39 is 11.2 Å². The molecule has 6 heteroatoms. The first-order valence-electron chi connectivity index (χ1n) is 12.1. The Hall–Kier alpha value is -3.14. The summed E-state index contributed by atoms with van der Waals surface area (Å²) in [4.78, 5) is 13.5. The molecule has 1 unspecified atom stereocenters. The van der Waals surface area contributed by atoms with Gasteiger partial charge in [-0.1, -0.05) is 0 Å². The molecular weight excluding hydrogens is 535 g/mol. The fourth-order valence-corrected chi connectivity index (χ4v) is 13.1. The topological polar surface area (TPSA) is 44.8 Å². The van der Waals surface area contributed by atoms with Crippen molar-refractivity contribution in [2.24, 2.45) is 0 Å². The maximum absolute atomic E-state index is 13.5. The fraction of sp³-hybridized carbons (Fsp3) is 0.167. The van der Waals surface area contributed by atoms with Gasteiger partial charge in [0.1, 0.15) is 0 Å². The molecule has 1 aliphatic rings. The molecule has 0 saturated carbocycles. The van der Waals surface area contributed by atoms with Gasteiger partial charge in [0.2, 0.25) is 0 Å². The molecule has 0 N–H and O–H groups in total. The Morgan fingerprint density at radius 2 is 1.14 bits per heavy atom. The molecule has 36 heavy (non-hydrogen) atoms. The number of hydrogen-bond acceptors (Lipinski definition) is 4. The van der Waals surface area contributed by atoms with E-state index in [0.717, 1.165) is 21.5 Å².